The summed E-state index contributed by atoms with van der Waals surface area (Å²) in [6, 6.07) is 7.39. The van der Waals surface area contributed by atoms with Crippen molar-refractivity contribution in [1.82, 2.24) is 5.43 Å². The van der Waals surface area contributed by atoms with E-state index in [1.807, 2.05) is 18.2 Å². The highest BCUT2D eigenvalue weighted by atomic mass is 79.9. The summed E-state index contributed by atoms with van der Waals surface area (Å²) < 4.78 is 12.1. The molecule has 1 aromatic carbocycles. The zero-order valence-electron chi connectivity index (χ0n) is 11.9. The van der Waals surface area contributed by atoms with Crippen molar-refractivity contribution in [1.29, 1.82) is 0 Å². The number of hydrogen-bond acceptors (Lipinski definition) is 4. The number of hydrazine groups is 1. The van der Waals surface area contributed by atoms with E-state index in [9.17, 15) is 4.79 Å². The van der Waals surface area contributed by atoms with E-state index in [2.05, 4.69) is 35.2 Å². The quantitative estimate of drug-likeness (QED) is 0.491. The molecule has 0 atom stereocenters. The van der Waals surface area contributed by atoms with Crippen molar-refractivity contribution < 1.29 is 13.9 Å². The van der Waals surface area contributed by atoms with E-state index in [1.54, 1.807) is 6.07 Å². The van der Waals surface area contributed by atoms with E-state index < -0.39 is 5.91 Å². The van der Waals surface area contributed by atoms with Crippen molar-refractivity contribution >= 4 is 21.8 Å². The average Bonchev–Trinajstić information content (AvgIpc) is 2.93. The summed E-state index contributed by atoms with van der Waals surface area (Å²) in [5.74, 6) is 6.26. The Bertz CT molecular complexity index is 638. The number of halogens is 1. The number of rotatable bonds is 5. The number of ether oxygens (including phenoxy) is 1. The molecule has 1 amide bonds. The molecule has 0 fully saturated rings. The topological polar surface area (TPSA) is 77.5 Å². The molecule has 6 heteroatoms. The number of nitrogens with two attached hydrogens (primary N) is 1. The van der Waals surface area contributed by atoms with Crippen molar-refractivity contribution in [3.05, 3.63) is 51.9 Å². The van der Waals surface area contributed by atoms with Gasteiger partial charge >= 0.3 is 0 Å². The molecule has 2 aromatic rings. The minimum absolute atomic E-state index is 0.164. The lowest BCUT2D eigenvalue weighted by molar-refractivity contribution is 0.0949. The number of carbonyl (C=O) groups excluding carboxylic acids is 1. The third-order valence-corrected chi connectivity index (χ3v) is 3.57. The normalized spacial score (nSPS) is 10.7. The number of hydrogen-bond donors (Lipinski definition) is 2. The molecule has 1 heterocycles. The van der Waals surface area contributed by atoms with Gasteiger partial charge in [0.2, 0.25) is 0 Å². The van der Waals surface area contributed by atoms with Gasteiger partial charge in [-0.2, -0.15) is 0 Å². The molecule has 5 nitrogen and oxygen atoms in total. The van der Waals surface area contributed by atoms with Crippen LogP contribution in [0.25, 0.3) is 0 Å². The second kappa shape index (κ2) is 6.78. The Balaban J connectivity index is 2.17. The first-order valence-corrected chi connectivity index (χ1v) is 7.31. The van der Waals surface area contributed by atoms with Crippen LogP contribution in [-0.2, 0) is 6.61 Å². The van der Waals surface area contributed by atoms with Crippen molar-refractivity contribution in [3.8, 4) is 5.75 Å². The van der Waals surface area contributed by atoms with Crippen LogP contribution in [-0.4, -0.2) is 5.91 Å². The van der Waals surface area contributed by atoms with E-state index >= 15 is 0 Å². The highest BCUT2D eigenvalue weighted by Crippen LogP contribution is 2.30. The Morgan fingerprint density at radius 3 is 2.86 bits per heavy atom. The second-order valence-electron chi connectivity index (χ2n) is 4.86. The fourth-order valence-corrected chi connectivity index (χ4v) is 2.36. The molecule has 0 aliphatic heterocycles. The van der Waals surface area contributed by atoms with Crippen molar-refractivity contribution in [2.24, 2.45) is 5.84 Å². The standard InChI is InChI=1S/C15H17BrN2O3/c1-9(2)12-7-10(16)3-4-13(12)21-8-14-11(5-6-20-14)15(19)18-17/h3-7,9H,8,17H2,1-2H3,(H,18,19). The summed E-state index contributed by atoms with van der Waals surface area (Å²) in [7, 11) is 0. The molecule has 112 valence electrons. The summed E-state index contributed by atoms with van der Waals surface area (Å²) in [4.78, 5) is 11.6. The highest BCUT2D eigenvalue weighted by Gasteiger charge is 2.15. The van der Waals surface area contributed by atoms with Gasteiger partial charge in [-0.05, 0) is 35.7 Å². The summed E-state index contributed by atoms with van der Waals surface area (Å²) in [5.41, 5.74) is 3.54. The molecular weight excluding hydrogens is 336 g/mol. The number of amides is 1. The molecule has 0 bridgehead atoms. The number of carbonyl (C=O) groups is 1. The van der Waals surface area contributed by atoms with Gasteiger partial charge in [-0.1, -0.05) is 29.8 Å². The fraction of sp³-hybridized carbons (Fsp3) is 0.267. The molecule has 21 heavy (non-hydrogen) atoms. The first kappa shape index (κ1) is 15.6. The molecule has 2 rings (SSSR count). The van der Waals surface area contributed by atoms with Gasteiger partial charge < -0.3 is 9.15 Å². The largest absolute Gasteiger partial charge is 0.485 e. The van der Waals surface area contributed by atoms with E-state index in [0.717, 1.165) is 15.8 Å². The lowest BCUT2D eigenvalue weighted by Gasteiger charge is -2.14. The maximum Gasteiger partial charge on any atom is 0.268 e. The minimum atomic E-state index is -0.401. The van der Waals surface area contributed by atoms with Crippen molar-refractivity contribution in [2.75, 3.05) is 0 Å². The Hall–Kier alpha value is -1.79. The molecule has 0 saturated heterocycles. The van der Waals surface area contributed by atoms with Gasteiger partial charge in [0.05, 0.1) is 11.8 Å². The Labute approximate surface area is 131 Å². The van der Waals surface area contributed by atoms with Crippen LogP contribution in [0.3, 0.4) is 0 Å². The molecule has 0 spiro atoms. The zero-order chi connectivity index (χ0) is 15.4. The number of benzene rings is 1. The van der Waals surface area contributed by atoms with Crippen LogP contribution in [0.4, 0.5) is 0 Å². The van der Waals surface area contributed by atoms with Crippen LogP contribution in [0.2, 0.25) is 0 Å². The fourth-order valence-electron chi connectivity index (χ4n) is 1.98. The van der Waals surface area contributed by atoms with E-state index in [1.165, 1.54) is 6.26 Å². The first-order valence-electron chi connectivity index (χ1n) is 6.52. The maximum absolute atomic E-state index is 11.6. The lowest BCUT2D eigenvalue weighted by atomic mass is 10.0. The molecule has 1 aromatic heterocycles. The molecule has 0 aliphatic rings. The van der Waals surface area contributed by atoms with Gasteiger partial charge in [-0.15, -0.1) is 0 Å². The Morgan fingerprint density at radius 2 is 2.19 bits per heavy atom. The summed E-state index contributed by atoms with van der Waals surface area (Å²) in [6.07, 6.45) is 1.44. The van der Waals surface area contributed by atoms with E-state index in [0.29, 0.717) is 17.2 Å². The minimum Gasteiger partial charge on any atom is -0.485 e. The van der Waals surface area contributed by atoms with Crippen LogP contribution >= 0.6 is 15.9 Å². The smallest absolute Gasteiger partial charge is 0.268 e. The Morgan fingerprint density at radius 1 is 1.43 bits per heavy atom. The molecular formula is C15H17BrN2O3. The highest BCUT2D eigenvalue weighted by molar-refractivity contribution is 9.10. The zero-order valence-corrected chi connectivity index (χ0v) is 13.4. The third kappa shape index (κ3) is 3.65. The van der Waals surface area contributed by atoms with E-state index in [4.69, 9.17) is 15.0 Å². The van der Waals surface area contributed by atoms with Gasteiger partial charge in [-0.25, -0.2) is 5.84 Å². The van der Waals surface area contributed by atoms with Crippen LogP contribution in [0, 0.1) is 0 Å². The van der Waals surface area contributed by atoms with Crippen molar-refractivity contribution in [2.45, 2.75) is 26.4 Å². The van der Waals surface area contributed by atoms with Gasteiger partial charge in [0.15, 0.2) is 5.76 Å². The van der Waals surface area contributed by atoms with Crippen LogP contribution in [0.5, 0.6) is 5.75 Å². The number of nitrogens with one attached hydrogen (secondary N) is 1. The molecule has 0 aliphatic carbocycles. The average molecular weight is 353 g/mol. The van der Waals surface area contributed by atoms with Gasteiger partial charge in [0.1, 0.15) is 12.4 Å². The van der Waals surface area contributed by atoms with Gasteiger partial charge in [0.25, 0.3) is 5.91 Å². The summed E-state index contributed by atoms with van der Waals surface area (Å²) >= 11 is 3.45. The molecule has 0 saturated carbocycles. The summed E-state index contributed by atoms with van der Waals surface area (Å²) in [5, 5.41) is 0. The predicted octanol–water partition coefficient (Wildman–Crippen LogP) is 3.35. The van der Waals surface area contributed by atoms with Crippen LogP contribution in [0.15, 0.2) is 39.4 Å². The van der Waals surface area contributed by atoms with Crippen molar-refractivity contribution in [3.63, 3.8) is 0 Å². The maximum atomic E-state index is 11.6. The monoisotopic (exact) mass is 352 g/mol. The lowest BCUT2D eigenvalue weighted by Crippen LogP contribution is -2.30. The SMILES string of the molecule is CC(C)c1cc(Br)ccc1OCc1occc1C(=O)NN. The number of nitrogen functional groups attached to an aromatic ring is 1. The van der Waals surface area contributed by atoms with Crippen LogP contribution in [0.1, 0.15) is 41.4 Å². The predicted molar refractivity (Wildman–Crippen MR) is 82.9 cm³/mol. The Kier molecular flexibility index (Phi) is 5.03. The van der Waals surface area contributed by atoms with E-state index in [-0.39, 0.29) is 6.61 Å². The third-order valence-electron chi connectivity index (χ3n) is 3.07. The molecule has 0 unspecified atom stereocenters. The van der Waals surface area contributed by atoms with Crippen LogP contribution < -0.4 is 16.0 Å². The second-order valence-corrected chi connectivity index (χ2v) is 5.77. The first-order chi connectivity index (χ1) is 10.0. The van der Waals surface area contributed by atoms with Gasteiger partial charge in [0, 0.05) is 4.47 Å². The molecule has 3 N–H and O–H groups in total. The van der Waals surface area contributed by atoms with Gasteiger partial charge in [-0.3, -0.25) is 10.2 Å². The number of furan rings is 1. The molecule has 0 radical (unpaired) electrons. The summed E-state index contributed by atoms with van der Waals surface area (Å²) in [6.45, 7) is 4.35.